The quantitative estimate of drug-likeness (QED) is 0.833. The summed E-state index contributed by atoms with van der Waals surface area (Å²) in [5.41, 5.74) is 1.79. The molecule has 0 spiro atoms. The standard InChI is InChI=1S/C15H22N2O3/c1-10-9-13(14(19)16(3)11(10)2)15(20)17-7-4-5-12(18)6-8-17/h9,12,18H,4-8H2,1-3H3/t12-/m0/s1. The maximum Gasteiger partial charge on any atom is 0.263 e. The Hall–Kier alpha value is -1.62. The molecule has 0 saturated carbocycles. The number of amides is 1. The van der Waals surface area contributed by atoms with Crippen molar-refractivity contribution in [2.24, 2.45) is 7.05 Å². The normalized spacial score (nSPS) is 19.8. The highest BCUT2D eigenvalue weighted by molar-refractivity contribution is 5.94. The van der Waals surface area contributed by atoms with Gasteiger partial charge in [0.25, 0.3) is 11.5 Å². The van der Waals surface area contributed by atoms with Gasteiger partial charge < -0.3 is 14.6 Å². The van der Waals surface area contributed by atoms with E-state index >= 15 is 0 Å². The second-order valence-electron chi connectivity index (χ2n) is 5.57. The summed E-state index contributed by atoms with van der Waals surface area (Å²) in [5.74, 6) is -0.220. The van der Waals surface area contributed by atoms with E-state index in [1.807, 2.05) is 13.8 Å². The monoisotopic (exact) mass is 278 g/mol. The Morgan fingerprint density at radius 1 is 1.30 bits per heavy atom. The molecule has 1 saturated heterocycles. The summed E-state index contributed by atoms with van der Waals surface area (Å²) in [5, 5.41) is 9.63. The zero-order valence-corrected chi connectivity index (χ0v) is 12.3. The average molecular weight is 278 g/mol. The van der Waals surface area contributed by atoms with Crippen LogP contribution in [0, 0.1) is 13.8 Å². The molecule has 0 radical (unpaired) electrons. The van der Waals surface area contributed by atoms with Crippen LogP contribution in [0.5, 0.6) is 0 Å². The summed E-state index contributed by atoms with van der Waals surface area (Å²) in [6, 6.07) is 1.68. The predicted octanol–water partition coefficient (Wildman–Crippen LogP) is 0.989. The van der Waals surface area contributed by atoms with E-state index in [0.29, 0.717) is 25.9 Å². The number of hydrogen-bond donors (Lipinski definition) is 1. The van der Waals surface area contributed by atoms with Crippen LogP contribution in [0.3, 0.4) is 0 Å². The van der Waals surface area contributed by atoms with Gasteiger partial charge in [0, 0.05) is 25.8 Å². The minimum atomic E-state index is -0.338. The molecule has 0 aromatic carbocycles. The highest BCUT2D eigenvalue weighted by atomic mass is 16.3. The number of hydrogen-bond acceptors (Lipinski definition) is 3. The van der Waals surface area contributed by atoms with Gasteiger partial charge in [-0.05, 0) is 44.7 Å². The zero-order chi connectivity index (χ0) is 14.9. The van der Waals surface area contributed by atoms with Gasteiger partial charge in [0.1, 0.15) is 5.56 Å². The van der Waals surface area contributed by atoms with E-state index in [4.69, 9.17) is 0 Å². The van der Waals surface area contributed by atoms with Crippen molar-refractivity contribution in [2.45, 2.75) is 39.2 Å². The van der Waals surface area contributed by atoms with E-state index < -0.39 is 0 Å². The third kappa shape index (κ3) is 2.77. The van der Waals surface area contributed by atoms with E-state index in [9.17, 15) is 14.7 Å². The molecule has 1 aromatic rings. The number of carbonyl (C=O) groups excluding carboxylic acids is 1. The Bertz CT molecular complexity index is 577. The molecule has 5 heteroatoms. The Morgan fingerprint density at radius 3 is 2.70 bits per heavy atom. The van der Waals surface area contributed by atoms with E-state index in [1.165, 1.54) is 4.57 Å². The molecule has 1 aliphatic heterocycles. The topological polar surface area (TPSA) is 62.5 Å². The van der Waals surface area contributed by atoms with E-state index in [2.05, 4.69) is 0 Å². The van der Waals surface area contributed by atoms with Crippen molar-refractivity contribution in [2.75, 3.05) is 13.1 Å². The molecule has 20 heavy (non-hydrogen) atoms. The Kier molecular flexibility index (Phi) is 4.28. The van der Waals surface area contributed by atoms with Gasteiger partial charge >= 0.3 is 0 Å². The first-order valence-corrected chi connectivity index (χ1v) is 7.06. The Morgan fingerprint density at radius 2 is 2.00 bits per heavy atom. The van der Waals surface area contributed by atoms with Crippen LogP contribution < -0.4 is 5.56 Å². The van der Waals surface area contributed by atoms with Gasteiger partial charge in [-0.2, -0.15) is 0 Å². The van der Waals surface area contributed by atoms with Crippen LogP contribution in [0.2, 0.25) is 0 Å². The average Bonchev–Trinajstić information content (AvgIpc) is 2.64. The number of aromatic nitrogens is 1. The lowest BCUT2D eigenvalue weighted by molar-refractivity contribution is 0.0750. The number of likely N-dealkylation sites (tertiary alicyclic amines) is 1. The molecular formula is C15H22N2O3. The van der Waals surface area contributed by atoms with Crippen LogP contribution in [-0.4, -0.2) is 39.7 Å². The van der Waals surface area contributed by atoms with Crippen LogP contribution in [0.4, 0.5) is 0 Å². The van der Waals surface area contributed by atoms with E-state index in [1.54, 1.807) is 18.0 Å². The van der Waals surface area contributed by atoms with Crippen LogP contribution in [0.25, 0.3) is 0 Å². The van der Waals surface area contributed by atoms with Crippen molar-refractivity contribution < 1.29 is 9.90 Å². The number of rotatable bonds is 1. The summed E-state index contributed by atoms with van der Waals surface area (Å²) in [6.45, 7) is 4.88. The van der Waals surface area contributed by atoms with E-state index in [0.717, 1.165) is 17.7 Å². The van der Waals surface area contributed by atoms with Crippen LogP contribution in [0.1, 0.15) is 40.9 Å². The summed E-state index contributed by atoms with van der Waals surface area (Å²) >= 11 is 0. The highest BCUT2D eigenvalue weighted by Crippen LogP contribution is 2.14. The lowest BCUT2D eigenvalue weighted by Crippen LogP contribution is -2.37. The minimum Gasteiger partial charge on any atom is -0.393 e. The third-order valence-corrected chi connectivity index (χ3v) is 4.18. The van der Waals surface area contributed by atoms with Crippen LogP contribution >= 0.6 is 0 Å². The lowest BCUT2D eigenvalue weighted by atomic mass is 10.1. The zero-order valence-electron chi connectivity index (χ0n) is 12.3. The first-order valence-electron chi connectivity index (χ1n) is 7.06. The van der Waals surface area contributed by atoms with Gasteiger partial charge in [-0.3, -0.25) is 9.59 Å². The fourth-order valence-electron chi connectivity index (χ4n) is 2.59. The second-order valence-corrected chi connectivity index (χ2v) is 5.57. The number of aliphatic hydroxyl groups excluding tert-OH is 1. The van der Waals surface area contributed by atoms with Crippen molar-refractivity contribution >= 4 is 5.91 Å². The molecule has 1 N–H and O–H groups in total. The minimum absolute atomic E-state index is 0.220. The molecule has 1 atom stereocenters. The SMILES string of the molecule is Cc1cc(C(=O)N2CCC[C@H](O)CC2)c(=O)n(C)c1C. The lowest BCUT2D eigenvalue weighted by Gasteiger charge is -2.21. The van der Waals surface area contributed by atoms with Crippen molar-refractivity contribution in [3.8, 4) is 0 Å². The Labute approximate surface area is 118 Å². The predicted molar refractivity (Wildman–Crippen MR) is 76.9 cm³/mol. The molecule has 0 unspecified atom stereocenters. The number of carbonyl (C=O) groups is 1. The molecule has 1 amide bonds. The molecule has 2 heterocycles. The van der Waals surface area contributed by atoms with Gasteiger partial charge in [-0.1, -0.05) is 0 Å². The molecule has 2 rings (SSSR count). The molecule has 0 bridgehead atoms. The van der Waals surface area contributed by atoms with Crippen molar-refractivity contribution in [3.05, 3.63) is 33.2 Å². The van der Waals surface area contributed by atoms with Crippen molar-refractivity contribution in [3.63, 3.8) is 0 Å². The number of aryl methyl sites for hydroxylation is 1. The molecular weight excluding hydrogens is 256 g/mol. The van der Waals surface area contributed by atoms with Gasteiger partial charge in [0.2, 0.25) is 0 Å². The molecule has 0 aliphatic carbocycles. The summed E-state index contributed by atoms with van der Waals surface area (Å²) in [4.78, 5) is 26.5. The Balaban J connectivity index is 2.32. The van der Waals surface area contributed by atoms with Gasteiger partial charge in [0.15, 0.2) is 0 Å². The number of aliphatic hydroxyl groups is 1. The fourth-order valence-corrected chi connectivity index (χ4v) is 2.59. The van der Waals surface area contributed by atoms with Crippen molar-refractivity contribution in [1.29, 1.82) is 0 Å². The summed E-state index contributed by atoms with van der Waals surface area (Å²) in [7, 11) is 1.69. The smallest absolute Gasteiger partial charge is 0.263 e. The van der Waals surface area contributed by atoms with Crippen LogP contribution in [0.15, 0.2) is 10.9 Å². The molecule has 110 valence electrons. The maximum absolute atomic E-state index is 12.5. The third-order valence-electron chi connectivity index (χ3n) is 4.18. The van der Waals surface area contributed by atoms with Gasteiger partial charge in [-0.15, -0.1) is 0 Å². The van der Waals surface area contributed by atoms with Crippen LogP contribution in [-0.2, 0) is 7.05 Å². The number of nitrogens with zero attached hydrogens (tertiary/aromatic N) is 2. The fraction of sp³-hybridized carbons (Fsp3) is 0.600. The van der Waals surface area contributed by atoms with Gasteiger partial charge in [-0.25, -0.2) is 0 Å². The second kappa shape index (κ2) is 5.79. The molecule has 5 nitrogen and oxygen atoms in total. The molecule has 1 fully saturated rings. The summed E-state index contributed by atoms with van der Waals surface area (Å²) in [6.07, 6.45) is 1.74. The maximum atomic E-state index is 12.5. The first-order chi connectivity index (χ1) is 9.41. The van der Waals surface area contributed by atoms with Gasteiger partial charge in [0.05, 0.1) is 6.10 Å². The van der Waals surface area contributed by atoms with Crippen molar-refractivity contribution in [1.82, 2.24) is 9.47 Å². The molecule has 1 aliphatic rings. The first kappa shape index (κ1) is 14.8. The largest absolute Gasteiger partial charge is 0.393 e. The molecule has 1 aromatic heterocycles. The highest BCUT2D eigenvalue weighted by Gasteiger charge is 2.23. The van der Waals surface area contributed by atoms with E-state index in [-0.39, 0.29) is 23.1 Å². The summed E-state index contributed by atoms with van der Waals surface area (Å²) < 4.78 is 1.52. The number of pyridine rings is 1.